The molecule has 0 unspecified atom stereocenters. The Morgan fingerprint density at radius 3 is 2.50 bits per heavy atom. The maximum Gasteiger partial charge on any atom is 0.322 e. The number of ether oxygens (including phenoxy) is 1. The summed E-state index contributed by atoms with van der Waals surface area (Å²) in [6, 6.07) is 7.83. The van der Waals surface area contributed by atoms with Crippen molar-refractivity contribution in [2.45, 2.75) is 4.90 Å². The maximum absolute atomic E-state index is 13.7. The fourth-order valence-corrected chi connectivity index (χ4v) is 3.37. The second-order valence-electron chi connectivity index (χ2n) is 5.52. The van der Waals surface area contributed by atoms with Crippen LogP contribution in [0.5, 0.6) is 5.75 Å². The van der Waals surface area contributed by atoms with E-state index in [-0.39, 0.29) is 16.3 Å². The molecule has 8 nitrogen and oxygen atoms in total. The quantitative estimate of drug-likeness (QED) is 0.666. The van der Waals surface area contributed by atoms with Gasteiger partial charge in [0.1, 0.15) is 23.1 Å². The lowest BCUT2D eigenvalue weighted by Gasteiger charge is -2.05. The Bertz CT molecular complexity index is 1110. The molecule has 0 atom stereocenters. The van der Waals surface area contributed by atoms with E-state index in [0.29, 0.717) is 11.8 Å². The number of halogens is 2. The molecule has 2 aromatic carbocycles. The molecule has 146 valence electrons. The third-order valence-corrected chi connectivity index (χ3v) is 5.21. The van der Waals surface area contributed by atoms with E-state index in [9.17, 15) is 22.0 Å². The number of nitrogens with one attached hydrogen (secondary N) is 1. The molecule has 3 rings (SSSR count). The van der Waals surface area contributed by atoms with E-state index in [1.54, 1.807) is 0 Å². The average Bonchev–Trinajstić information content (AvgIpc) is 3.09. The number of carbonyl (C=O) groups excluding carboxylic acids is 1. The number of sulfone groups is 1. The number of rotatable bonds is 6. The van der Waals surface area contributed by atoms with Crippen LogP contribution in [0.15, 0.2) is 51.8 Å². The molecule has 0 bridgehead atoms. The zero-order chi connectivity index (χ0) is 20.3. The number of hydrogen-bond acceptors (Lipinski definition) is 7. The first kappa shape index (κ1) is 19.4. The van der Waals surface area contributed by atoms with Gasteiger partial charge in [-0.05, 0) is 36.4 Å². The molecule has 3 aromatic rings. The van der Waals surface area contributed by atoms with Gasteiger partial charge in [-0.1, -0.05) is 5.10 Å². The Hall–Kier alpha value is -3.34. The summed E-state index contributed by atoms with van der Waals surface area (Å²) in [7, 11) is -2.48. The van der Waals surface area contributed by atoms with E-state index < -0.39 is 39.1 Å². The highest BCUT2D eigenvalue weighted by Gasteiger charge is 2.21. The van der Waals surface area contributed by atoms with Crippen molar-refractivity contribution in [1.82, 2.24) is 10.2 Å². The van der Waals surface area contributed by atoms with Gasteiger partial charge in [0, 0.05) is 6.07 Å². The zero-order valence-corrected chi connectivity index (χ0v) is 15.2. The number of hydrogen-bond donors (Lipinski definition) is 1. The van der Waals surface area contributed by atoms with E-state index in [4.69, 9.17) is 9.15 Å². The number of anilines is 1. The van der Waals surface area contributed by atoms with Gasteiger partial charge in [0.25, 0.3) is 5.89 Å². The molecule has 0 aliphatic heterocycles. The second-order valence-corrected chi connectivity index (χ2v) is 7.51. The lowest BCUT2D eigenvalue weighted by molar-refractivity contribution is -0.114. The summed E-state index contributed by atoms with van der Waals surface area (Å²) < 4.78 is 61.3. The molecule has 28 heavy (non-hydrogen) atoms. The van der Waals surface area contributed by atoms with Crippen molar-refractivity contribution < 1.29 is 31.1 Å². The Morgan fingerprint density at radius 1 is 1.14 bits per heavy atom. The summed E-state index contributed by atoms with van der Waals surface area (Å²) >= 11 is 0. The fourth-order valence-electron chi connectivity index (χ4n) is 2.24. The molecule has 1 amide bonds. The normalized spacial score (nSPS) is 11.2. The van der Waals surface area contributed by atoms with Crippen molar-refractivity contribution in [1.29, 1.82) is 0 Å². The van der Waals surface area contributed by atoms with Gasteiger partial charge in [-0.2, -0.15) is 0 Å². The first-order valence-electron chi connectivity index (χ1n) is 7.74. The highest BCUT2D eigenvalue weighted by molar-refractivity contribution is 7.92. The van der Waals surface area contributed by atoms with Crippen LogP contribution in [0.2, 0.25) is 0 Å². The summed E-state index contributed by atoms with van der Waals surface area (Å²) in [5, 5.41) is 9.18. The summed E-state index contributed by atoms with van der Waals surface area (Å²) in [4.78, 5) is 11.9. The van der Waals surface area contributed by atoms with Crippen LogP contribution in [0, 0.1) is 11.6 Å². The van der Waals surface area contributed by atoms with E-state index in [0.717, 1.165) is 12.1 Å². The molecular weight excluding hydrogens is 396 g/mol. The molecule has 1 N–H and O–H groups in total. The van der Waals surface area contributed by atoms with Crippen LogP contribution in [0.25, 0.3) is 11.5 Å². The molecule has 1 aromatic heterocycles. The van der Waals surface area contributed by atoms with Gasteiger partial charge < -0.3 is 9.15 Å². The monoisotopic (exact) mass is 409 g/mol. The second kappa shape index (κ2) is 7.72. The van der Waals surface area contributed by atoms with Crippen LogP contribution in [0.4, 0.5) is 14.8 Å². The minimum Gasteiger partial charge on any atom is -0.497 e. The zero-order valence-electron chi connectivity index (χ0n) is 14.3. The molecule has 0 saturated heterocycles. The number of carbonyl (C=O) groups is 1. The number of methoxy groups -OCH3 is 1. The van der Waals surface area contributed by atoms with Crippen molar-refractivity contribution in [3.63, 3.8) is 0 Å². The molecule has 1 heterocycles. The van der Waals surface area contributed by atoms with Gasteiger partial charge in [0.05, 0.1) is 17.6 Å². The molecule has 11 heteroatoms. The summed E-state index contributed by atoms with van der Waals surface area (Å²) in [5.74, 6) is -3.34. The van der Waals surface area contributed by atoms with Gasteiger partial charge in [-0.3, -0.25) is 10.1 Å². The van der Waals surface area contributed by atoms with Crippen molar-refractivity contribution >= 4 is 21.8 Å². The molecule has 0 saturated carbocycles. The minimum absolute atomic E-state index is 0.0666. The van der Waals surface area contributed by atoms with Crippen LogP contribution in [0.1, 0.15) is 0 Å². The van der Waals surface area contributed by atoms with E-state index in [1.807, 2.05) is 0 Å². The molecule has 0 spiro atoms. The third-order valence-electron chi connectivity index (χ3n) is 3.57. The van der Waals surface area contributed by atoms with E-state index in [2.05, 4.69) is 15.5 Å². The highest BCUT2D eigenvalue weighted by atomic mass is 32.2. The van der Waals surface area contributed by atoms with Gasteiger partial charge in [-0.25, -0.2) is 17.2 Å². The minimum atomic E-state index is -3.92. The fraction of sp³-hybridized carbons (Fsp3) is 0.118. The number of benzene rings is 2. The highest BCUT2D eigenvalue weighted by Crippen LogP contribution is 2.23. The maximum atomic E-state index is 13.7. The predicted molar refractivity (Wildman–Crippen MR) is 93.3 cm³/mol. The Morgan fingerprint density at radius 2 is 1.86 bits per heavy atom. The van der Waals surface area contributed by atoms with Crippen LogP contribution in [-0.2, 0) is 14.6 Å². The van der Waals surface area contributed by atoms with Gasteiger partial charge in [0.2, 0.25) is 5.91 Å². The predicted octanol–water partition coefficient (Wildman–Crippen LogP) is 2.44. The number of nitrogens with zero attached hydrogens (tertiary/aromatic N) is 2. The van der Waals surface area contributed by atoms with E-state index >= 15 is 0 Å². The van der Waals surface area contributed by atoms with E-state index in [1.165, 1.54) is 31.4 Å². The largest absolute Gasteiger partial charge is 0.497 e. The van der Waals surface area contributed by atoms with Crippen LogP contribution in [0.3, 0.4) is 0 Å². The lowest BCUT2D eigenvalue weighted by Crippen LogP contribution is -2.23. The average molecular weight is 409 g/mol. The summed E-state index contributed by atoms with van der Waals surface area (Å²) in [5.41, 5.74) is -0.166. The van der Waals surface area contributed by atoms with Crippen molar-refractivity contribution in [2.24, 2.45) is 0 Å². The standard InChI is InChI=1S/C17H13F2N3O5S/c1-26-11-3-5-12(6-4-11)28(24,25)9-15(23)20-17-22-21-16(27-17)13-7-2-10(18)8-14(13)19/h2-8H,9H2,1H3,(H,20,22,23). The Kier molecular flexibility index (Phi) is 5.36. The smallest absolute Gasteiger partial charge is 0.322 e. The van der Waals surface area contributed by atoms with Crippen molar-refractivity contribution in [3.05, 3.63) is 54.1 Å². The first-order valence-corrected chi connectivity index (χ1v) is 9.39. The SMILES string of the molecule is COc1ccc(S(=O)(=O)CC(=O)Nc2nnc(-c3ccc(F)cc3F)o2)cc1. The van der Waals surface area contributed by atoms with Crippen molar-refractivity contribution in [2.75, 3.05) is 18.2 Å². The van der Waals surface area contributed by atoms with Crippen LogP contribution >= 0.6 is 0 Å². The molecule has 0 aliphatic rings. The number of amides is 1. The third kappa shape index (κ3) is 4.31. The molecular formula is C17H13F2N3O5S. The van der Waals surface area contributed by atoms with Crippen LogP contribution in [-0.4, -0.2) is 37.4 Å². The topological polar surface area (TPSA) is 111 Å². The molecule has 0 radical (unpaired) electrons. The van der Waals surface area contributed by atoms with Gasteiger partial charge >= 0.3 is 6.01 Å². The lowest BCUT2D eigenvalue weighted by atomic mass is 10.2. The Balaban J connectivity index is 1.70. The van der Waals surface area contributed by atoms with Gasteiger partial charge in [0.15, 0.2) is 9.84 Å². The first-order chi connectivity index (χ1) is 13.3. The summed E-state index contributed by atoms with van der Waals surface area (Å²) in [6.07, 6.45) is 0. The summed E-state index contributed by atoms with van der Waals surface area (Å²) in [6.45, 7) is 0. The van der Waals surface area contributed by atoms with Crippen molar-refractivity contribution in [3.8, 4) is 17.2 Å². The van der Waals surface area contributed by atoms with Crippen LogP contribution < -0.4 is 10.1 Å². The molecule has 0 aliphatic carbocycles. The molecule has 0 fully saturated rings. The van der Waals surface area contributed by atoms with Gasteiger partial charge in [-0.15, -0.1) is 5.10 Å². The Labute approximate surface area is 158 Å². The number of aromatic nitrogens is 2.